The molecule has 2 aromatic carbocycles. The van der Waals surface area contributed by atoms with Gasteiger partial charge in [-0.15, -0.1) is 0 Å². The molecule has 0 amide bonds. The minimum Gasteiger partial charge on any atom is -0.497 e. The van der Waals surface area contributed by atoms with Gasteiger partial charge in [-0.3, -0.25) is 0 Å². The Hall–Kier alpha value is -3.34. The van der Waals surface area contributed by atoms with E-state index in [0.29, 0.717) is 0 Å². The van der Waals surface area contributed by atoms with Gasteiger partial charge < -0.3 is 14.6 Å². The largest absolute Gasteiger partial charge is 0.497 e. The molecular weight excluding hydrogens is 360 g/mol. The predicted molar refractivity (Wildman–Crippen MR) is 118 cm³/mol. The minimum absolute atomic E-state index is 0.793. The van der Waals surface area contributed by atoms with E-state index in [-0.39, 0.29) is 0 Å². The van der Waals surface area contributed by atoms with Crippen LogP contribution in [0.25, 0.3) is 11.0 Å². The number of nitrogens with zero attached hydrogens (tertiary/aromatic N) is 3. The summed E-state index contributed by atoms with van der Waals surface area (Å²) >= 11 is 0. The van der Waals surface area contributed by atoms with Crippen molar-refractivity contribution in [1.29, 1.82) is 0 Å². The Morgan fingerprint density at radius 1 is 0.966 bits per heavy atom. The lowest BCUT2D eigenvalue weighted by Gasteiger charge is -2.09. The van der Waals surface area contributed by atoms with Crippen LogP contribution in [0.1, 0.15) is 22.4 Å². The Balaban J connectivity index is 1.58. The maximum atomic E-state index is 5.31. The molecule has 4 aromatic rings. The van der Waals surface area contributed by atoms with Gasteiger partial charge in [-0.05, 0) is 49.1 Å². The SMILES string of the molecule is COc1cccc(CCNc2ncnc3c2c(C)c(C)n3Cc2ccccc2)c1. The highest BCUT2D eigenvalue weighted by Crippen LogP contribution is 2.29. The normalized spacial score (nSPS) is 11.0. The van der Waals surface area contributed by atoms with E-state index in [0.717, 1.165) is 42.1 Å². The maximum Gasteiger partial charge on any atom is 0.146 e. The van der Waals surface area contributed by atoms with E-state index in [1.165, 1.54) is 22.4 Å². The molecule has 5 nitrogen and oxygen atoms in total. The van der Waals surface area contributed by atoms with Crippen LogP contribution in [-0.2, 0) is 13.0 Å². The molecule has 0 fully saturated rings. The van der Waals surface area contributed by atoms with Crippen LogP contribution >= 0.6 is 0 Å². The molecule has 148 valence electrons. The summed E-state index contributed by atoms with van der Waals surface area (Å²) in [6.07, 6.45) is 2.54. The monoisotopic (exact) mass is 386 g/mol. The predicted octanol–water partition coefficient (Wildman–Crippen LogP) is 4.76. The number of aromatic nitrogens is 3. The summed E-state index contributed by atoms with van der Waals surface area (Å²) in [5.41, 5.74) is 5.92. The van der Waals surface area contributed by atoms with E-state index in [1.807, 2.05) is 18.2 Å². The van der Waals surface area contributed by atoms with Crippen LogP contribution in [0.2, 0.25) is 0 Å². The van der Waals surface area contributed by atoms with Crippen molar-refractivity contribution in [3.05, 3.63) is 83.3 Å². The molecule has 4 rings (SSSR count). The van der Waals surface area contributed by atoms with E-state index in [4.69, 9.17) is 4.74 Å². The molecule has 2 aromatic heterocycles. The van der Waals surface area contributed by atoms with Gasteiger partial charge in [-0.1, -0.05) is 42.5 Å². The molecule has 0 aliphatic rings. The molecule has 0 spiro atoms. The summed E-state index contributed by atoms with van der Waals surface area (Å²) < 4.78 is 7.59. The van der Waals surface area contributed by atoms with Gasteiger partial charge in [-0.2, -0.15) is 0 Å². The van der Waals surface area contributed by atoms with Crippen LogP contribution in [0.5, 0.6) is 5.75 Å². The van der Waals surface area contributed by atoms with Crippen molar-refractivity contribution in [2.75, 3.05) is 19.0 Å². The van der Waals surface area contributed by atoms with Crippen molar-refractivity contribution in [2.24, 2.45) is 0 Å². The highest BCUT2D eigenvalue weighted by Gasteiger charge is 2.16. The lowest BCUT2D eigenvalue weighted by Crippen LogP contribution is -2.08. The molecule has 0 aliphatic heterocycles. The topological polar surface area (TPSA) is 52.0 Å². The van der Waals surface area contributed by atoms with Crippen LogP contribution in [0, 0.1) is 13.8 Å². The fraction of sp³-hybridized carbons (Fsp3) is 0.250. The van der Waals surface area contributed by atoms with Gasteiger partial charge in [0.2, 0.25) is 0 Å². The Labute approximate surface area is 171 Å². The number of hydrogen-bond donors (Lipinski definition) is 1. The number of fused-ring (bicyclic) bond motifs is 1. The fourth-order valence-corrected chi connectivity index (χ4v) is 3.72. The number of nitrogens with one attached hydrogen (secondary N) is 1. The van der Waals surface area contributed by atoms with Gasteiger partial charge >= 0.3 is 0 Å². The van der Waals surface area contributed by atoms with Crippen molar-refractivity contribution in [2.45, 2.75) is 26.8 Å². The molecule has 29 heavy (non-hydrogen) atoms. The quantitative estimate of drug-likeness (QED) is 0.498. The molecule has 2 heterocycles. The molecule has 1 N–H and O–H groups in total. The van der Waals surface area contributed by atoms with Gasteiger partial charge in [0.1, 0.15) is 23.5 Å². The zero-order chi connectivity index (χ0) is 20.2. The van der Waals surface area contributed by atoms with Crippen molar-refractivity contribution in [3.8, 4) is 5.75 Å². The molecule has 0 aliphatic carbocycles. The highest BCUT2D eigenvalue weighted by molar-refractivity contribution is 5.91. The zero-order valence-electron chi connectivity index (χ0n) is 17.1. The first-order valence-electron chi connectivity index (χ1n) is 9.88. The minimum atomic E-state index is 0.793. The smallest absolute Gasteiger partial charge is 0.146 e. The fourth-order valence-electron chi connectivity index (χ4n) is 3.72. The van der Waals surface area contributed by atoms with Gasteiger partial charge in [0.25, 0.3) is 0 Å². The summed E-state index contributed by atoms with van der Waals surface area (Å²) in [7, 11) is 1.69. The van der Waals surface area contributed by atoms with Gasteiger partial charge in [0, 0.05) is 18.8 Å². The van der Waals surface area contributed by atoms with E-state index in [2.05, 4.69) is 70.1 Å². The maximum absolute atomic E-state index is 5.31. The Kier molecular flexibility index (Phi) is 5.47. The third-order valence-electron chi connectivity index (χ3n) is 5.43. The number of ether oxygens (including phenoxy) is 1. The summed E-state index contributed by atoms with van der Waals surface area (Å²) in [5.74, 6) is 1.78. The van der Waals surface area contributed by atoms with Crippen molar-refractivity contribution >= 4 is 16.9 Å². The molecule has 0 saturated heterocycles. The number of methoxy groups -OCH3 is 1. The first-order chi connectivity index (χ1) is 14.2. The van der Waals surface area contributed by atoms with E-state index in [9.17, 15) is 0 Å². The number of anilines is 1. The molecule has 0 atom stereocenters. The highest BCUT2D eigenvalue weighted by atomic mass is 16.5. The van der Waals surface area contributed by atoms with Crippen LogP contribution < -0.4 is 10.1 Å². The third-order valence-corrected chi connectivity index (χ3v) is 5.43. The number of benzene rings is 2. The van der Waals surface area contributed by atoms with Crippen molar-refractivity contribution in [1.82, 2.24) is 14.5 Å². The van der Waals surface area contributed by atoms with E-state index >= 15 is 0 Å². The van der Waals surface area contributed by atoms with Crippen molar-refractivity contribution in [3.63, 3.8) is 0 Å². The molecule has 0 unspecified atom stereocenters. The van der Waals surface area contributed by atoms with Crippen LogP contribution in [0.4, 0.5) is 5.82 Å². The first-order valence-corrected chi connectivity index (χ1v) is 9.88. The second-order valence-corrected chi connectivity index (χ2v) is 7.23. The van der Waals surface area contributed by atoms with Crippen LogP contribution in [-0.4, -0.2) is 28.2 Å². The summed E-state index contributed by atoms with van der Waals surface area (Å²) in [6.45, 7) is 5.90. The standard InChI is InChI=1S/C24H26N4O/c1-17-18(2)28(15-20-8-5-4-6-9-20)24-22(17)23(26-16-27-24)25-13-12-19-10-7-11-21(14-19)29-3/h4-11,14,16H,12-13,15H2,1-3H3,(H,25,26,27). The summed E-state index contributed by atoms with van der Waals surface area (Å²) in [4.78, 5) is 9.14. The van der Waals surface area contributed by atoms with Gasteiger partial charge in [-0.25, -0.2) is 9.97 Å². The summed E-state index contributed by atoms with van der Waals surface area (Å²) in [5, 5.41) is 4.62. The lowest BCUT2D eigenvalue weighted by atomic mass is 10.1. The number of hydrogen-bond acceptors (Lipinski definition) is 4. The van der Waals surface area contributed by atoms with Gasteiger partial charge in [0.05, 0.1) is 12.5 Å². The second-order valence-electron chi connectivity index (χ2n) is 7.23. The van der Waals surface area contributed by atoms with E-state index in [1.54, 1.807) is 13.4 Å². The molecular formula is C24H26N4O. The molecule has 5 heteroatoms. The second kappa shape index (κ2) is 8.35. The average Bonchev–Trinajstić information content (AvgIpc) is 3.00. The third kappa shape index (κ3) is 3.94. The van der Waals surface area contributed by atoms with Gasteiger partial charge in [0.15, 0.2) is 0 Å². The number of aryl methyl sites for hydroxylation is 1. The first kappa shape index (κ1) is 19.0. The van der Waals surface area contributed by atoms with Crippen molar-refractivity contribution < 1.29 is 4.74 Å². The Morgan fingerprint density at radius 3 is 2.55 bits per heavy atom. The zero-order valence-corrected chi connectivity index (χ0v) is 17.1. The van der Waals surface area contributed by atoms with Crippen LogP contribution in [0.3, 0.4) is 0 Å². The molecule has 0 saturated carbocycles. The van der Waals surface area contributed by atoms with Crippen LogP contribution in [0.15, 0.2) is 60.9 Å². The number of rotatable bonds is 7. The molecule has 0 bridgehead atoms. The summed E-state index contributed by atoms with van der Waals surface area (Å²) in [6, 6.07) is 18.7. The average molecular weight is 386 g/mol. The van der Waals surface area contributed by atoms with E-state index < -0.39 is 0 Å². The lowest BCUT2D eigenvalue weighted by molar-refractivity contribution is 0.414. The Bertz CT molecular complexity index is 1120. The molecule has 0 radical (unpaired) electrons. The Morgan fingerprint density at radius 2 is 1.76 bits per heavy atom.